The average Bonchev–Trinajstić information content (AvgIpc) is 3.67. The van der Waals surface area contributed by atoms with Crippen molar-refractivity contribution >= 4 is 54.4 Å². The molecule has 10 rings (SSSR count). The molecule has 0 amide bonds. The third-order valence-electron chi connectivity index (χ3n) is 9.51. The van der Waals surface area contributed by atoms with E-state index in [-0.39, 0.29) is 0 Å². The summed E-state index contributed by atoms with van der Waals surface area (Å²) in [6.45, 7) is 0. The second-order valence-electron chi connectivity index (χ2n) is 12.3. The predicted octanol–water partition coefficient (Wildman–Crippen LogP) is 11.2. The van der Waals surface area contributed by atoms with E-state index in [1.54, 1.807) is 0 Å². The molecular formula is C44H28N4. The van der Waals surface area contributed by atoms with Crippen LogP contribution >= 0.6 is 0 Å². The smallest absolute Gasteiger partial charge is 0.235 e. The summed E-state index contributed by atoms with van der Waals surface area (Å²) in [5.41, 5.74) is 9.56. The Morgan fingerprint density at radius 3 is 1.54 bits per heavy atom. The molecule has 0 fully saturated rings. The molecule has 4 heteroatoms. The van der Waals surface area contributed by atoms with Gasteiger partial charge in [0.05, 0.1) is 33.5 Å². The van der Waals surface area contributed by atoms with Crippen LogP contribution in [0.5, 0.6) is 0 Å². The zero-order valence-corrected chi connectivity index (χ0v) is 26.0. The molecular weight excluding hydrogens is 585 g/mol. The maximum atomic E-state index is 5.29. The summed E-state index contributed by atoms with van der Waals surface area (Å²) in [5.74, 6) is 0.651. The average molecular weight is 613 g/mol. The van der Waals surface area contributed by atoms with Crippen LogP contribution in [-0.2, 0) is 0 Å². The van der Waals surface area contributed by atoms with Crippen LogP contribution in [0.2, 0.25) is 0 Å². The first-order chi connectivity index (χ1) is 23.8. The quantitative estimate of drug-likeness (QED) is 0.198. The normalized spacial score (nSPS) is 11.8. The van der Waals surface area contributed by atoms with Crippen LogP contribution in [0.25, 0.3) is 88.5 Å². The number of rotatable bonds is 4. The molecule has 0 atom stereocenters. The highest BCUT2D eigenvalue weighted by molar-refractivity contribution is 6.22. The Balaban J connectivity index is 1.35. The minimum Gasteiger partial charge on any atom is -0.309 e. The third-order valence-corrected chi connectivity index (χ3v) is 9.51. The molecule has 0 bridgehead atoms. The van der Waals surface area contributed by atoms with E-state index in [0.717, 1.165) is 44.6 Å². The van der Waals surface area contributed by atoms with Crippen molar-refractivity contribution in [2.75, 3.05) is 0 Å². The van der Waals surface area contributed by atoms with Crippen LogP contribution in [0.3, 0.4) is 0 Å². The fraction of sp³-hybridized carbons (Fsp3) is 0. The molecule has 3 heterocycles. The fourth-order valence-electron chi connectivity index (χ4n) is 7.36. The zero-order chi connectivity index (χ0) is 31.6. The molecule has 0 unspecified atom stereocenters. The van der Waals surface area contributed by atoms with Crippen LogP contribution in [-0.4, -0.2) is 19.1 Å². The molecule has 0 N–H and O–H groups in total. The Kier molecular flexibility index (Phi) is 5.84. The van der Waals surface area contributed by atoms with Gasteiger partial charge in [0.2, 0.25) is 5.95 Å². The zero-order valence-electron chi connectivity index (χ0n) is 26.0. The Labute approximate surface area is 276 Å². The third kappa shape index (κ3) is 4.03. The molecule has 3 aromatic heterocycles. The van der Waals surface area contributed by atoms with Gasteiger partial charge in [0, 0.05) is 43.7 Å². The molecule has 0 radical (unpaired) electrons. The Hall–Kier alpha value is -6.52. The molecule has 10 aromatic rings. The number of hydrogen-bond acceptors (Lipinski definition) is 2. The number of hydrogen-bond donors (Lipinski definition) is 0. The van der Waals surface area contributed by atoms with E-state index < -0.39 is 0 Å². The van der Waals surface area contributed by atoms with Crippen molar-refractivity contribution in [3.8, 4) is 34.2 Å². The van der Waals surface area contributed by atoms with E-state index in [0.29, 0.717) is 5.95 Å². The highest BCUT2D eigenvalue weighted by atomic mass is 15.2. The SMILES string of the molecule is c1ccc(-c2cc(-c3ccccc3)nc(-n3c4ccccc4c4ccc5cc6c7ccccc7n(-c7ccccc7)c6cc5c43)n2)cc1. The second-order valence-corrected chi connectivity index (χ2v) is 12.3. The lowest BCUT2D eigenvalue weighted by atomic mass is 10.0. The molecule has 0 aliphatic carbocycles. The summed E-state index contributed by atoms with van der Waals surface area (Å²) in [6.07, 6.45) is 0. The monoisotopic (exact) mass is 612 g/mol. The van der Waals surface area contributed by atoms with Gasteiger partial charge in [-0.25, -0.2) is 9.97 Å². The van der Waals surface area contributed by atoms with Gasteiger partial charge < -0.3 is 4.57 Å². The summed E-state index contributed by atoms with van der Waals surface area (Å²) < 4.78 is 4.66. The van der Waals surface area contributed by atoms with Gasteiger partial charge in [-0.3, -0.25) is 4.57 Å². The summed E-state index contributed by atoms with van der Waals surface area (Å²) >= 11 is 0. The molecule has 0 saturated heterocycles. The van der Waals surface area contributed by atoms with Gasteiger partial charge in [-0.15, -0.1) is 0 Å². The van der Waals surface area contributed by atoms with Crippen LogP contribution in [0.1, 0.15) is 0 Å². The Morgan fingerprint density at radius 1 is 0.354 bits per heavy atom. The highest BCUT2D eigenvalue weighted by Gasteiger charge is 2.20. The van der Waals surface area contributed by atoms with E-state index in [2.05, 4.69) is 167 Å². The van der Waals surface area contributed by atoms with E-state index in [1.165, 1.54) is 38.0 Å². The minimum atomic E-state index is 0.651. The molecule has 0 saturated carbocycles. The van der Waals surface area contributed by atoms with Gasteiger partial charge in [-0.05, 0) is 47.9 Å². The first kappa shape index (κ1) is 26.7. The second kappa shape index (κ2) is 10.5. The van der Waals surface area contributed by atoms with Crippen molar-refractivity contribution in [3.05, 3.63) is 170 Å². The first-order valence-electron chi connectivity index (χ1n) is 16.3. The standard InChI is InChI=1S/C44H28N4/c1-4-14-29(15-5-1)38-28-39(30-16-6-2-7-17-30)46-44(45-38)48-41-23-13-10-20-33(41)35-25-24-31-26-37-34-21-11-12-22-40(34)47(32-18-8-3-9-19-32)42(37)27-36(31)43(35)48/h1-28H. The van der Waals surface area contributed by atoms with Crippen molar-refractivity contribution in [1.29, 1.82) is 0 Å². The maximum absolute atomic E-state index is 5.29. The van der Waals surface area contributed by atoms with E-state index in [1.807, 2.05) is 12.1 Å². The lowest BCUT2D eigenvalue weighted by molar-refractivity contribution is 0.998. The minimum absolute atomic E-state index is 0.651. The van der Waals surface area contributed by atoms with Gasteiger partial charge in [0.25, 0.3) is 0 Å². The van der Waals surface area contributed by atoms with Crippen molar-refractivity contribution in [2.45, 2.75) is 0 Å². The Bertz CT molecular complexity index is 2760. The number of aromatic nitrogens is 4. The van der Waals surface area contributed by atoms with Crippen molar-refractivity contribution < 1.29 is 0 Å². The van der Waals surface area contributed by atoms with Crippen molar-refractivity contribution in [3.63, 3.8) is 0 Å². The van der Waals surface area contributed by atoms with Crippen LogP contribution < -0.4 is 0 Å². The van der Waals surface area contributed by atoms with Gasteiger partial charge in [-0.1, -0.05) is 127 Å². The van der Waals surface area contributed by atoms with Gasteiger partial charge >= 0.3 is 0 Å². The maximum Gasteiger partial charge on any atom is 0.235 e. The van der Waals surface area contributed by atoms with E-state index in [4.69, 9.17) is 9.97 Å². The number of fused-ring (bicyclic) bond motifs is 8. The first-order valence-corrected chi connectivity index (χ1v) is 16.3. The van der Waals surface area contributed by atoms with Gasteiger partial charge in [0.1, 0.15) is 0 Å². The van der Waals surface area contributed by atoms with Gasteiger partial charge in [0.15, 0.2) is 0 Å². The van der Waals surface area contributed by atoms with Gasteiger partial charge in [-0.2, -0.15) is 0 Å². The molecule has 48 heavy (non-hydrogen) atoms. The summed E-state index contributed by atoms with van der Waals surface area (Å²) in [5, 5.41) is 7.16. The lowest BCUT2D eigenvalue weighted by Gasteiger charge is -2.13. The molecule has 4 nitrogen and oxygen atoms in total. The summed E-state index contributed by atoms with van der Waals surface area (Å²) in [6, 6.07) is 60.1. The highest BCUT2D eigenvalue weighted by Crippen LogP contribution is 2.41. The van der Waals surface area contributed by atoms with E-state index in [9.17, 15) is 0 Å². The molecule has 7 aromatic carbocycles. The summed E-state index contributed by atoms with van der Waals surface area (Å²) in [4.78, 5) is 10.6. The number of para-hydroxylation sites is 3. The number of benzene rings is 7. The lowest BCUT2D eigenvalue weighted by Crippen LogP contribution is -2.04. The topological polar surface area (TPSA) is 35.6 Å². The molecule has 0 aliphatic rings. The predicted molar refractivity (Wildman–Crippen MR) is 199 cm³/mol. The summed E-state index contributed by atoms with van der Waals surface area (Å²) in [7, 11) is 0. The van der Waals surface area contributed by atoms with Crippen LogP contribution in [0, 0.1) is 0 Å². The van der Waals surface area contributed by atoms with Crippen LogP contribution in [0.4, 0.5) is 0 Å². The molecule has 0 aliphatic heterocycles. The molecule has 224 valence electrons. The fourth-order valence-corrected chi connectivity index (χ4v) is 7.36. The van der Waals surface area contributed by atoms with Crippen molar-refractivity contribution in [1.82, 2.24) is 19.1 Å². The van der Waals surface area contributed by atoms with Crippen molar-refractivity contribution in [2.24, 2.45) is 0 Å². The van der Waals surface area contributed by atoms with Crippen LogP contribution in [0.15, 0.2) is 170 Å². The molecule has 0 spiro atoms. The Morgan fingerprint density at radius 2 is 0.896 bits per heavy atom. The number of nitrogens with zero attached hydrogens (tertiary/aromatic N) is 4. The largest absolute Gasteiger partial charge is 0.309 e. The van der Waals surface area contributed by atoms with E-state index >= 15 is 0 Å².